The summed E-state index contributed by atoms with van der Waals surface area (Å²) in [5.74, 6) is -5.59. The predicted molar refractivity (Wildman–Crippen MR) is 155 cm³/mol. The molecule has 1 fully saturated rings. The summed E-state index contributed by atoms with van der Waals surface area (Å²) >= 11 is 6.63. The number of benzene rings is 2. The van der Waals surface area contributed by atoms with E-state index in [-0.39, 0.29) is 22.9 Å². The fourth-order valence-electron chi connectivity index (χ4n) is 4.49. The standard InChI is InChI=1S/C29H34ClF2N3O6S/c1-3-4-13-23(26(37)34-22(27(38)40-2)16-19-14-15-33-25(19)36)42-35-28(39)41-24(18-9-6-5-7-10-18)29(31,32)20-11-8-12-21(30)17-20/h5-12,17,19,22-24H,3-4,13-16H2,1-2H3,(H,33,36)(H,34,37)(H,35,39)/t19-,22-,23-,24?/m0/s1. The third kappa shape index (κ3) is 9.06. The number of ether oxygens (including phenoxy) is 2. The largest absolute Gasteiger partial charge is 0.467 e. The van der Waals surface area contributed by atoms with Crippen molar-refractivity contribution in [1.82, 2.24) is 15.4 Å². The van der Waals surface area contributed by atoms with Crippen LogP contribution in [0.2, 0.25) is 5.02 Å². The first-order valence-corrected chi connectivity index (χ1v) is 14.8. The number of carbonyl (C=O) groups is 4. The van der Waals surface area contributed by atoms with E-state index in [0.717, 1.165) is 12.5 Å². The van der Waals surface area contributed by atoms with E-state index in [9.17, 15) is 19.2 Å². The number of carbonyl (C=O) groups excluding carboxylic acids is 4. The predicted octanol–water partition coefficient (Wildman–Crippen LogP) is 5.29. The van der Waals surface area contributed by atoms with Crippen LogP contribution in [0.1, 0.15) is 56.3 Å². The Morgan fingerprint density at radius 3 is 2.52 bits per heavy atom. The smallest absolute Gasteiger partial charge is 0.418 e. The molecular weight excluding hydrogens is 592 g/mol. The molecule has 1 saturated heterocycles. The Labute approximate surface area is 252 Å². The summed E-state index contributed by atoms with van der Waals surface area (Å²) < 4.78 is 43.8. The molecule has 1 heterocycles. The number of nitrogens with one attached hydrogen (secondary N) is 3. The first-order valence-electron chi connectivity index (χ1n) is 13.5. The van der Waals surface area contributed by atoms with Crippen molar-refractivity contribution in [3.8, 4) is 0 Å². The second-order valence-corrected chi connectivity index (χ2v) is 11.2. The van der Waals surface area contributed by atoms with E-state index < -0.39 is 52.8 Å². The van der Waals surface area contributed by atoms with Crippen molar-refractivity contribution in [3.05, 3.63) is 70.7 Å². The second kappa shape index (κ2) is 15.7. The quantitative estimate of drug-likeness (QED) is 0.193. The number of methoxy groups -OCH3 is 1. The lowest BCUT2D eigenvalue weighted by Crippen LogP contribution is -2.47. The molecule has 0 saturated carbocycles. The number of esters is 1. The van der Waals surface area contributed by atoms with Gasteiger partial charge in [-0.2, -0.15) is 8.78 Å². The highest BCUT2D eigenvalue weighted by Crippen LogP contribution is 2.43. The fraction of sp³-hybridized carbons (Fsp3) is 0.448. The summed E-state index contributed by atoms with van der Waals surface area (Å²) in [6, 6.07) is 11.6. The Hall–Kier alpha value is -3.38. The van der Waals surface area contributed by atoms with Crippen LogP contribution >= 0.6 is 23.5 Å². The van der Waals surface area contributed by atoms with Crippen molar-refractivity contribution >= 4 is 47.4 Å². The van der Waals surface area contributed by atoms with Crippen LogP contribution in [0.25, 0.3) is 0 Å². The van der Waals surface area contributed by atoms with Crippen molar-refractivity contribution in [2.45, 2.75) is 62.3 Å². The highest BCUT2D eigenvalue weighted by molar-refractivity contribution is 7.99. The summed E-state index contributed by atoms with van der Waals surface area (Å²) in [6.07, 6.45) is -0.951. The molecule has 0 aromatic heterocycles. The Morgan fingerprint density at radius 2 is 1.90 bits per heavy atom. The van der Waals surface area contributed by atoms with Crippen LogP contribution in [0.4, 0.5) is 13.6 Å². The van der Waals surface area contributed by atoms with Gasteiger partial charge in [0.25, 0.3) is 0 Å². The minimum absolute atomic E-state index is 0.0553. The average molecular weight is 626 g/mol. The highest BCUT2D eigenvalue weighted by atomic mass is 35.5. The first-order chi connectivity index (χ1) is 20.1. The molecule has 0 bridgehead atoms. The van der Waals surface area contributed by atoms with E-state index >= 15 is 8.78 Å². The maximum Gasteiger partial charge on any atom is 0.418 e. The van der Waals surface area contributed by atoms with Crippen LogP contribution in [0, 0.1) is 5.92 Å². The Morgan fingerprint density at radius 1 is 1.17 bits per heavy atom. The molecule has 1 aliphatic rings. The lowest BCUT2D eigenvalue weighted by atomic mass is 9.97. The Bertz CT molecular complexity index is 1240. The summed E-state index contributed by atoms with van der Waals surface area (Å²) in [6.45, 7) is 2.40. The number of alkyl halides is 2. The molecule has 2 aromatic rings. The van der Waals surface area contributed by atoms with Gasteiger partial charge in [0.05, 0.1) is 7.11 Å². The van der Waals surface area contributed by atoms with Crippen molar-refractivity contribution in [2.75, 3.05) is 13.7 Å². The molecule has 3 N–H and O–H groups in total. The van der Waals surface area contributed by atoms with Crippen molar-refractivity contribution < 1.29 is 37.4 Å². The molecule has 42 heavy (non-hydrogen) atoms. The molecule has 0 aliphatic carbocycles. The number of hydrogen-bond donors (Lipinski definition) is 3. The molecule has 13 heteroatoms. The number of halogens is 3. The van der Waals surface area contributed by atoms with Gasteiger partial charge >= 0.3 is 18.0 Å². The van der Waals surface area contributed by atoms with Crippen molar-refractivity contribution in [2.24, 2.45) is 5.92 Å². The van der Waals surface area contributed by atoms with Gasteiger partial charge < -0.3 is 20.1 Å². The van der Waals surface area contributed by atoms with E-state index in [2.05, 4.69) is 15.4 Å². The molecule has 9 nitrogen and oxygen atoms in total. The minimum Gasteiger partial charge on any atom is -0.467 e. The normalized spacial score (nSPS) is 17.0. The molecule has 3 amide bonds. The maximum absolute atomic E-state index is 15.7. The summed E-state index contributed by atoms with van der Waals surface area (Å²) in [4.78, 5) is 50.5. The van der Waals surface area contributed by atoms with E-state index in [4.69, 9.17) is 21.1 Å². The van der Waals surface area contributed by atoms with E-state index in [1.807, 2.05) is 6.92 Å². The zero-order chi connectivity index (χ0) is 30.7. The highest BCUT2D eigenvalue weighted by Gasteiger charge is 2.45. The van der Waals surface area contributed by atoms with Crippen LogP contribution in [0.3, 0.4) is 0 Å². The molecule has 0 spiro atoms. The Balaban J connectivity index is 1.72. The van der Waals surface area contributed by atoms with Gasteiger partial charge in [-0.3, -0.25) is 14.3 Å². The molecule has 1 aliphatic heterocycles. The third-order valence-corrected chi connectivity index (χ3v) is 8.00. The van der Waals surface area contributed by atoms with Crippen molar-refractivity contribution in [3.63, 3.8) is 0 Å². The average Bonchev–Trinajstić information content (AvgIpc) is 3.39. The van der Waals surface area contributed by atoms with Gasteiger partial charge in [0.2, 0.25) is 11.8 Å². The lowest BCUT2D eigenvalue weighted by Gasteiger charge is -2.28. The van der Waals surface area contributed by atoms with Crippen LogP contribution in [-0.2, 0) is 29.8 Å². The van der Waals surface area contributed by atoms with Gasteiger partial charge in [-0.1, -0.05) is 73.8 Å². The maximum atomic E-state index is 15.7. The molecular formula is C29H34ClF2N3O6S. The summed E-state index contributed by atoms with van der Waals surface area (Å²) in [7, 11) is 1.18. The molecule has 4 atom stereocenters. The molecule has 228 valence electrons. The van der Waals surface area contributed by atoms with E-state index in [0.29, 0.717) is 37.8 Å². The minimum atomic E-state index is -3.65. The SMILES string of the molecule is CCCC[C@H](SNC(=O)OC(c1ccccc1)C(F)(F)c1cccc(Cl)c1)C(=O)N[C@@H](C[C@@H]1CCNC1=O)C(=O)OC. The summed E-state index contributed by atoms with van der Waals surface area (Å²) in [5.41, 5.74) is -0.380. The van der Waals surface area contributed by atoms with Crippen molar-refractivity contribution in [1.29, 1.82) is 0 Å². The van der Waals surface area contributed by atoms with E-state index in [1.54, 1.807) is 18.2 Å². The summed E-state index contributed by atoms with van der Waals surface area (Å²) in [5, 5.41) is 4.53. The number of rotatable bonds is 14. The molecule has 3 rings (SSSR count). The van der Waals surface area contributed by atoms with Crippen LogP contribution in [0.15, 0.2) is 54.6 Å². The first kappa shape index (κ1) is 33.1. The fourth-order valence-corrected chi connectivity index (χ4v) is 5.42. The van der Waals surface area contributed by atoms with E-state index in [1.165, 1.54) is 37.4 Å². The van der Waals surface area contributed by atoms with Gasteiger partial charge in [-0.15, -0.1) is 0 Å². The number of amides is 3. The van der Waals surface area contributed by atoms with Gasteiger partial charge in [-0.05, 0) is 48.9 Å². The number of unbranched alkanes of at least 4 members (excludes halogenated alkanes) is 1. The van der Waals surface area contributed by atoms with Crippen LogP contribution < -0.4 is 15.4 Å². The Kier molecular flexibility index (Phi) is 12.4. The monoisotopic (exact) mass is 625 g/mol. The van der Waals surface area contributed by atoms with Crippen LogP contribution in [0.5, 0.6) is 0 Å². The lowest BCUT2D eigenvalue weighted by molar-refractivity contribution is -0.145. The zero-order valence-electron chi connectivity index (χ0n) is 23.2. The second-order valence-electron chi connectivity index (χ2n) is 9.78. The molecule has 0 radical (unpaired) electrons. The topological polar surface area (TPSA) is 123 Å². The number of hydrogen-bond acceptors (Lipinski definition) is 7. The molecule has 1 unspecified atom stereocenters. The third-order valence-electron chi connectivity index (χ3n) is 6.75. The van der Waals surface area contributed by atoms with Gasteiger partial charge in [0.15, 0.2) is 6.10 Å². The zero-order valence-corrected chi connectivity index (χ0v) is 24.8. The van der Waals surface area contributed by atoms with Gasteiger partial charge in [-0.25, -0.2) is 9.59 Å². The van der Waals surface area contributed by atoms with Gasteiger partial charge in [0, 0.05) is 23.0 Å². The van der Waals surface area contributed by atoms with Crippen LogP contribution in [-0.4, -0.2) is 48.8 Å². The molecule has 2 aromatic carbocycles. The van der Waals surface area contributed by atoms with Gasteiger partial charge in [0.1, 0.15) is 11.3 Å².